The van der Waals surface area contributed by atoms with E-state index in [2.05, 4.69) is 6.92 Å². The number of aliphatic carboxylic acids is 1. The Balaban J connectivity index is 3.37. The molecule has 0 aliphatic carbocycles. The highest BCUT2D eigenvalue weighted by Crippen LogP contribution is 2.24. The Bertz CT molecular complexity index is 381. The van der Waals surface area contributed by atoms with Gasteiger partial charge in [0.25, 0.3) is 0 Å². The molecular weight excluding hydrogens is 360 g/mol. The van der Waals surface area contributed by atoms with E-state index in [9.17, 15) is 25.2 Å². The van der Waals surface area contributed by atoms with Crippen LogP contribution in [-0.4, -0.2) is 43.1 Å². The number of carbonyl (C=O) groups is 1. The van der Waals surface area contributed by atoms with E-state index in [0.717, 1.165) is 19.3 Å². The summed E-state index contributed by atoms with van der Waals surface area (Å²) in [6.45, 7) is 2.25. The van der Waals surface area contributed by atoms with Gasteiger partial charge in [0.05, 0.1) is 0 Å². The van der Waals surface area contributed by atoms with E-state index in [-0.39, 0.29) is 6.42 Å². The van der Waals surface area contributed by atoms with Gasteiger partial charge >= 0.3 is 11.8 Å². The molecule has 0 saturated heterocycles. The molecule has 0 spiro atoms. The van der Waals surface area contributed by atoms with E-state index in [4.69, 9.17) is 5.11 Å². The summed E-state index contributed by atoms with van der Waals surface area (Å²) < 4.78 is 0. The standard InChI is InChI=1S/C22H44O6/c1-2-3-4-5-6-7-8-9-10-11-12-13-14-15-16-17-18-19-21(25,26)22(27,28)20(23)24/h25-28H,2-19H2,1H3,(H,23,24). The number of hydrogen-bond donors (Lipinski definition) is 5. The summed E-state index contributed by atoms with van der Waals surface area (Å²) in [5, 5.41) is 46.0. The molecule has 28 heavy (non-hydrogen) atoms. The highest BCUT2D eigenvalue weighted by Gasteiger charge is 2.53. The van der Waals surface area contributed by atoms with Crippen LogP contribution >= 0.6 is 0 Å². The van der Waals surface area contributed by atoms with Gasteiger partial charge in [-0.1, -0.05) is 110 Å². The van der Waals surface area contributed by atoms with Crippen molar-refractivity contribution < 1.29 is 30.3 Å². The second-order valence-corrected chi connectivity index (χ2v) is 8.20. The van der Waals surface area contributed by atoms with Crippen LogP contribution in [0.5, 0.6) is 0 Å². The van der Waals surface area contributed by atoms with E-state index in [1.54, 1.807) is 0 Å². The lowest BCUT2D eigenvalue weighted by Gasteiger charge is -2.31. The van der Waals surface area contributed by atoms with Gasteiger partial charge in [0.15, 0.2) is 0 Å². The zero-order chi connectivity index (χ0) is 21.3. The quantitative estimate of drug-likeness (QED) is 0.151. The molecular formula is C22H44O6. The summed E-state index contributed by atoms with van der Waals surface area (Å²) in [6, 6.07) is 0. The molecule has 0 amide bonds. The second kappa shape index (κ2) is 16.1. The maximum absolute atomic E-state index is 10.6. The molecule has 0 aromatic carbocycles. The lowest BCUT2D eigenvalue weighted by Crippen LogP contribution is -2.59. The molecule has 0 unspecified atom stereocenters. The number of carboxylic acid groups (broad SMARTS) is 1. The summed E-state index contributed by atoms with van der Waals surface area (Å²) >= 11 is 0. The number of unbranched alkanes of at least 4 members (excludes halogenated alkanes) is 16. The van der Waals surface area contributed by atoms with Crippen LogP contribution in [0.15, 0.2) is 0 Å². The number of carboxylic acids is 1. The van der Waals surface area contributed by atoms with Gasteiger partial charge in [-0.05, 0) is 6.42 Å². The predicted molar refractivity (Wildman–Crippen MR) is 111 cm³/mol. The van der Waals surface area contributed by atoms with Gasteiger partial charge in [0, 0.05) is 6.42 Å². The molecule has 0 aliphatic rings. The van der Waals surface area contributed by atoms with Crippen LogP contribution in [0.3, 0.4) is 0 Å². The SMILES string of the molecule is CCCCCCCCCCCCCCCCCCCC(O)(O)C(O)(O)C(=O)O. The molecule has 0 atom stereocenters. The molecule has 0 heterocycles. The van der Waals surface area contributed by atoms with E-state index < -0.39 is 17.5 Å². The Morgan fingerprint density at radius 3 is 1.14 bits per heavy atom. The van der Waals surface area contributed by atoms with Crippen molar-refractivity contribution >= 4 is 5.97 Å². The van der Waals surface area contributed by atoms with Crippen molar-refractivity contribution in [1.82, 2.24) is 0 Å². The second-order valence-electron chi connectivity index (χ2n) is 8.20. The Morgan fingerprint density at radius 1 is 0.571 bits per heavy atom. The Labute approximate surface area is 171 Å². The Kier molecular flexibility index (Phi) is 15.7. The van der Waals surface area contributed by atoms with Gasteiger partial charge in [-0.2, -0.15) is 0 Å². The van der Waals surface area contributed by atoms with Gasteiger partial charge in [-0.25, -0.2) is 4.79 Å². The van der Waals surface area contributed by atoms with Crippen LogP contribution in [0, 0.1) is 0 Å². The summed E-state index contributed by atoms with van der Waals surface area (Å²) in [5.74, 6) is -8.64. The molecule has 0 saturated carbocycles. The number of rotatable bonds is 20. The van der Waals surface area contributed by atoms with E-state index in [1.165, 1.54) is 77.0 Å². The number of hydrogen-bond acceptors (Lipinski definition) is 5. The lowest BCUT2D eigenvalue weighted by atomic mass is 9.98. The zero-order valence-corrected chi connectivity index (χ0v) is 17.9. The Morgan fingerprint density at radius 2 is 0.857 bits per heavy atom. The van der Waals surface area contributed by atoms with E-state index in [1.807, 2.05) is 0 Å². The highest BCUT2D eigenvalue weighted by atomic mass is 16.6. The smallest absolute Gasteiger partial charge is 0.370 e. The molecule has 0 aromatic rings. The van der Waals surface area contributed by atoms with Gasteiger partial charge in [0.2, 0.25) is 5.79 Å². The summed E-state index contributed by atoms with van der Waals surface area (Å²) in [7, 11) is 0. The summed E-state index contributed by atoms with van der Waals surface area (Å²) in [6.07, 6.45) is 19.9. The molecule has 5 N–H and O–H groups in total. The average molecular weight is 405 g/mol. The fourth-order valence-electron chi connectivity index (χ4n) is 3.44. The highest BCUT2D eigenvalue weighted by molar-refractivity contribution is 5.76. The van der Waals surface area contributed by atoms with Gasteiger partial charge in [-0.15, -0.1) is 0 Å². The molecule has 0 aromatic heterocycles. The van der Waals surface area contributed by atoms with Crippen molar-refractivity contribution in [2.24, 2.45) is 0 Å². The predicted octanol–water partition coefficient (Wildman–Crippen LogP) is 4.47. The van der Waals surface area contributed by atoms with Gasteiger partial charge in [0.1, 0.15) is 0 Å². The number of aliphatic hydroxyl groups is 4. The Hall–Kier alpha value is -0.690. The fourth-order valence-corrected chi connectivity index (χ4v) is 3.44. The average Bonchev–Trinajstić information content (AvgIpc) is 2.63. The normalized spacial score (nSPS) is 12.5. The largest absolute Gasteiger partial charge is 0.477 e. The third kappa shape index (κ3) is 12.7. The fraction of sp³-hybridized carbons (Fsp3) is 0.955. The summed E-state index contributed by atoms with van der Waals surface area (Å²) in [5.41, 5.74) is 0. The topological polar surface area (TPSA) is 118 Å². The molecule has 0 rings (SSSR count). The minimum Gasteiger partial charge on any atom is -0.477 e. The molecule has 6 heteroatoms. The third-order valence-corrected chi connectivity index (χ3v) is 5.49. The first kappa shape index (κ1) is 27.3. The molecule has 0 fully saturated rings. The van der Waals surface area contributed by atoms with Gasteiger partial charge in [-0.3, -0.25) is 0 Å². The first-order chi connectivity index (χ1) is 13.3. The minimum absolute atomic E-state index is 0.335. The molecule has 168 valence electrons. The van der Waals surface area contributed by atoms with Crippen molar-refractivity contribution in [3.05, 3.63) is 0 Å². The molecule has 0 aliphatic heterocycles. The first-order valence-corrected chi connectivity index (χ1v) is 11.4. The van der Waals surface area contributed by atoms with Crippen LogP contribution < -0.4 is 0 Å². The molecule has 0 radical (unpaired) electrons. The minimum atomic E-state index is -3.54. The maximum Gasteiger partial charge on any atom is 0.370 e. The van der Waals surface area contributed by atoms with Crippen molar-refractivity contribution in [2.75, 3.05) is 0 Å². The first-order valence-electron chi connectivity index (χ1n) is 11.4. The lowest BCUT2D eigenvalue weighted by molar-refractivity contribution is -0.346. The van der Waals surface area contributed by atoms with Gasteiger partial charge < -0.3 is 25.5 Å². The van der Waals surface area contributed by atoms with Crippen LogP contribution in [0.4, 0.5) is 0 Å². The van der Waals surface area contributed by atoms with Crippen LogP contribution in [0.1, 0.15) is 122 Å². The van der Waals surface area contributed by atoms with Crippen LogP contribution in [0.25, 0.3) is 0 Å². The van der Waals surface area contributed by atoms with Crippen molar-refractivity contribution in [3.8, 4) is 0 Å². The van der Waals surface area contributed by atoms with Crippen LogP contribution in [0.2, 0.25) is 0 Å². The summed E-state index contributed by atoms with van der Waals surface area (Å²) in [4.78, 5) is 10.6. The van der Waals surface area contributed by atoms with Crippen molar-refractivity contribution in [2.45, 2.75) is 134 Å². The van der Waals surface area contributed by atoms with Crippen molar-refractivity contribution in [3.63, 3.8) is 0 Å². The van der Waals surface area contributed by atoms with Crippen molar-refractivity contribution in [1.29, 1.82) is 0 Å². The third-order valence-electron chi connectivity index (χ3n) is 5.49. The molecule has 0 bridgehead atoms. The zero-order valence-electron chi connectivity index (χ0n) is 17.9. The molecule has 6 nitrogen and oxygen atoms in total. The maximum atomic E-state index is 10.6. The van der Waals surface area contributed by atoms with Crippen LogP contribution in [-0.2, 0) is 4.79 Å². The van der Waals surface area contributed by atoms with E-state index in [0.29, 0.717) is 12.8 Å². The monoisotopic (exact) mass is 404 g/mol. The van der Waals surface area contributed by atoms with E-state index >= 15 is 0 Å².